The Morgan fingerprint density at radius 3 is 1.25 bits per heavy atom. The molecule has 9 aliphatic rings. The fourth-order valence-electron chi connectivity index (χ4n) is 18.0. The van der Waals surface area contributed by atoms with E-state index in [9.17, 15) is 30.0 Å². The Labute approximate surface area is 337 Å². The first-order valence-corrected chi connectivity index (χ1v) is 23.6. The van der Waals surface area contributed by atoms with E-state index in [1.165, 1.54) is 0 Å². The van der Waals surface area contributed by atoms with Crippen LogP contribution in [0.4, 0.5) is 0 Å². The van der Waals surface area contributed by atoms with E-state index < -0.39 is 12.2 Å². The lowest BCUT2D eigenvalue weighted by atomic mass is 9.43. The van der Waals surface area contributed by atoms with E-state index in [-0.39, 0.29) is 129 Å². The number of carbonyl (C=O) groups excluding carboxylic acids is 2. The third-order valence-electron chi connectivity index (χ3n) is 21.2. The van der Waals surface area contributed by atoms with Crippen molar-refractivity contribution in [2.24, 2.45) is 92.7 Å². The van der Waals surface area contributed by atoms with Gasteiger partial charge in [-0.15, -0.1) is 0 Å². The summed E-state index contributed by atoms with van der Waals surface area (Å²) in [6, 6.07) is 0. The number of hydrogen-bond donors (Lipinski definition) is 4. The molecule has 8 heteroatoms. The summed E-state index contributed by atoms with van der Waals surface area (Å²) in [4.78, 5) is 28.3. The van der Waals surface area contributed by atoms with Gasteiger partial charge in [0.05, 0.1) is 24.4 Å². The van der Waals surface area contributed by atoms with Crippen LogP contribution in [0.25, 0.3) is 0 Å². The lowest BCUT2D eigenvalue weighted by molar-refractivity contribution is -0.219. The number of fused-ring (bicyclic) bond motifs is 4. The van der Waals surface area contributed by atoms with Gasteiger partial charge in [-0.25, -0.2) is 0 Å². The lowest BCUT2D eigenvalue weighted by Gasteiger charge is -2.64. The van der Waals surface area contributed by atoms with Gasteiger partial charge in [-0.2, -0.15) is 0 Å². The first-order chi connectivity index (χ1) is 26.5. The van der Waals surface area contributed by atoms with Gasteiger partial charge in [0.25, 0.3) is 0 Å². The van der Waals surface area contributed by atoms with Crippen LogP contribution in [-0.4, -0.2) is 69.0 Å². The van der Waals surface area contributed by atoms with Crippen molar-refractivity contribution in [3.05, 3.63) is 0 Å². The van der Waals surface area contributed by atoms with Crippen molar-refractivity contribution >= 4 is 11.9 Å². The topological polar surface area (TPSA) is 134 Å². The zero-order valence-electron chi connectivity index (χ0n) is 35.5. The van der Waals surface area contributed by atoms with Crippen molar-refractivity contribution in [2.75, 3.05) is 0 Å². The molecule has 4 N–H and O–H groups in total. The highest BCUT2D eigenvalue weighted by atomic mass is 16.5. The van der Waals surface area contributed by atoms with E-state index in [1.54, 1.807) is 0 Å². The van der Waals surface area contributed by atoms with Crippen LogP contribution in [0.15, 0.2) is 0 Å². The molecule has 0 aromatic rings. The van der Waals surface area contributed by atoms with Crippen LogP contribution in [0, 0.1) is 92.7 Å². The molecule has 0 aromatic heterocycles. The Morgan fingerprint density at radius 1 is 0.482 bits per heavy atom. The largest absolute Gasteiger partial charge is 0.462 e. The van der Waals surface area contributed by atoms with Crippen molar-refractivity contribution in [1.29, 1.82) is 0 Å². The van der Waals surface area contributed by atoms with Crippen LogP contribution >= 0.6 is 0 Å². The van der Waals surface area contributed by atoms with Gasteiger partial charge >= 0.3 is 11.9 Å². The number of carbonyl (C=O) groups is 2. The molecule has 8 bridgehead atoms. The number of hydrogen-bond acceptors (Lipinski definition) is 8. The molecule has 8 nitrogen and oxygen atoms in total. The smallest absolute Gasteiger partial charge is 0.306 e. The lowest BCUT2D eigenvalue weighted by Crippen LogP contribution is -2.63. The van der Waals surface area contributed by atoms with E-state index in [0.29, 0.717) is 25.7 Å². The zero-order valence-corrected chi connectivity index (χ0v) is 35.5. The molecule has 0 spiro atoms. The molecule has 316 valence electrons. The Morgan fingerprint density at radius 2 is 0.857 bits per heavy atom. The van der Waals surface area contributed by atoms with Crippen LogP contribution in [0.2, 0.25) is 0 Å². The van der Waals surface area contributed by atoms with Crippen LogP contribution < -0.4 is 0 Å². The van der Waals surface area contributed by atoms with Crippen LogP contribution in [-0.2, 0) is 19.1 Å². The first kappa shape index (κ1) is 40.2. The molecule has 0 aromatic carbocycles. The molecule has 1 aliphatic heterocycles. The maximum absolute atomic E-state index is 14.2. The molecule has 0 unspecified atom stereocenters. The maximum Gasteiger partial charge on any atom is 0.306 e. The quantitative estimate of drug-likeness (QED) is 0.183. The second-order valence-corrected chi connectivity index (χ2v) is 23.0. The number of aliphatic hydroxyl groups excluding tert-OH is 4. The van der Waals surface area contributed by atoms with E-state index in [0.717, 1.165) is 89.9 Å². The summed E-state index contributed by atoms with van der Waals surface area (Å²) in [7, 11) is 0. The third kappa shape index (κ3) is 5.91. The summed E-state index contributed by atoms with van der Waals surface area (Å²) in [6.07, 6.45) is 12.2. The minimum Gasteiger partial charge on any atom is -0.462 e. The van der Waals surface area contributed by atoms with Crippen molar-refractivity contribution in [1.82, 2.24) is 0 Å². The molecule has 9 fully saturated rings. The van der Waals surface area contributed by atoms with Gasteiger partial charge in [0, 0.05) is 24.7 Å². The van der Waals surface area contributed by atoms with Crippen molar-refractivity contribution in [3.8, 4) is 0 Å². The molecule has 1 saturated heterocycles. The third-order valence-corrected chi connectivity index (χ3v) is 21.2. The zero-order chi connectivity index (χ0) is 39.7. The van der Waals surface area contributed by atoms with E-state index in [1.807, 2.05) is 0 Å². The minimum absolute atomic E-state index is 0.00325. The molecular formula is C48H76O8. The Hall–Kier alpha value is -1.22. The van der Waals surface area contributed by atoms with Crippen LogP contribution in [0.1, 0.15) is 157 Å². The molecule has 56 heavy (non-hydrogen) atoms. The summed E-state index contributed by atoms with van der Waals surface area (Å²) in [5.74, 6) is 2.61. The molecule has 9 rings (SSSR count). The monoisotopic (exact) mass is 781 g/mol. The second kappa shape index (κ2) is 14.2. The SMILES string of the molecule is C[C@@H]1CCC(=O)O[C@@H]2C[C@@H]3C[C@H](O)CC[C@]3(C)[C@H]3C[C@H](O)[C@]4(C)[C@H](CC[C@H]4[C@H]23)[C@@H](C)CCC(=O)O[C@@H]2C[C@@H]3C[C@H](O)CC[C@]3(C)[C@H]3C[C@H](O)[C@]4(C)[C@@H]1CC[C@H]4[C@H]23. The van der Waals surface area contributed by atoms with Gasteiger partial charge in [-0.3, -0.25) is 9.59 Å². The maximum atomic E-state index is 14.2. The fraction of sp³-hybridized carbons (Fsp3) is 0.958. The Kier molecular flexibility index (Phi) is 10.2. The van der Waals surface area contributed by atoms with Gasteiger partial charge in [-0.1, -0.05) is 41.5 Å². The van der Waals surface area contributed by atoms with Crippen molar-refractivity contribution in [3.63, 3.8) is 0 Å². The minimum atomic E-state index is -0.459. The van der Waals surface area contributed by atoms with Crippen LogP contribution in [0.5, 0.6) is 0 Å². The van der Waals surface area contributed by atoms with Crippen molar-refractivity contribution in [2.45, 2.75) is 194 Å². The van der Waals surface area contributed by atoms with E-state index in [2.05, 4.69) is 41.5 Å². The second-order valence-electron chi connectivity index (χ2n) is 23.0. The number of esters is 2. The van der Waals surface area contributed by atoms with Crippen LogP contribution in [0.3, 0.4) is 0 Å². The summed E-state index contributed by atoms with van der Waals surface area (Å²) in [6.45, 7) is 14.0. The molecule has 8 aliphatic carbocycles. The predicted octanol–water partition coefficient (Wildman–Crippen LogP) is 7.86. The van der Waals surface area contributed by atoms with Gasteiger partial charge in [-0.05, 0) is 184 Å². The number of ether oxygens (including phenoxy) is 2. The summed E-state index contributed by atoms with van der Waals surface area (Å²) in [5, 5.41) is 46.3. The molecule has 1 heterocycles. The summed E-state index contributed by atoms with van der Waals surface area (Å²) < 4.78 is 13.5. The Balaban J connectivity index is 1.05. The molecule has 0 amide bonds. The van der Waals surface area contributed by atoms with E-state index in [4.69, 9.17) is 9.47 Å². The van der Waals surface area contributed by atoms with Crippen molar-refractivity contribution < 1.29 is 39.5 Å². The molecule has 8 saturated carbocycles. The standard InChI is InChI=1S/C48H76O8/c1-25-7-13-41(53)55-38-22-28-20-30(50)16-18-46(28,4)36-24-40(52)48(6)32(10-12-34(48)44(36)38)26(2)8-14-42(54)56-37-21-27-19-29(49)15-17-45(27,3)35-23-39(51)47(5)31(25)9-11-33(47)43(35)37/h25-40,43-44,49-52H,7-24H2,1-6H3/t25-,26+,27-,28-,29+,30+,31+,32+,33-,34-,35-,36-,37+,38+,39-,40-,43-,44-,45-,46-,47+,48+/m0/s1. The summed E-state index contributed by atoms with van der Waals surface area (Å²) >= 11 is 0. The number of rotatable bonds is 0. The average molecular weight is 781 g/mol. The predicted molar refractivity (Wildman–Crippen MR) is 213 cm³/mol. The summed E-state index contributed by atoms with van der Waals surface area (Å²) in [5.41, 5.74) is -0.638. The molecular weight excluding hydrogens is 705 g/mol. The van der Waals surface area contributed by atoms with Gasteiger partial charge in [0.15, 0.2) is 0 Å². The molecule has 0 radical (unpaired) electrons. The fourth-order valence-corrected chi connectivity index (χ4v) is 18.0. The first-order valence-electron chi connectivity index (χ1n) is 23.6. The highest BCUT2D eigenvalue weighted by molar-refractivity contribution is 5.70. The highest BCUT2D eigenvalue weighted by Crippen LogP contribution is 2.71. The Bertz CT molecular complexity index is 1410. The van der Waals surface area contributed by atoms with Gasteiger partial charge < -0.3 is 29.9 Å². The highest BCUT2D eigenvalue weighted by Gasteiger charge is 2.68. The van der Waals surface area contributed by atoms with Gasteiger partial charge in [0.1, 0.15) is 12.2 Å². The van der Waals surface area contributed by atoms with Gasteiger partial charge in [0.2, 0.25) is 0 Å². The normalized spacial score (nSPS) is 58.6. The average Bonchev–Trinajstić information content (AvgIpc) is 3.70. The molecule has 22 atom stereocenters. The number of aliphatic hydroxyl groups is 4. The van der Waals surface area contributed by atoms with E-state index >= 15 is 0 Å².